The van der Waals surface area contributed by atoms with E-state index in [-0.39, 0.29) is 22.0 Å². The van der Waals surface area contributed by atoms with Crippen molar-refractivity contribution >= 4 is 11.0 Å². The predicted octanol–water partition coefficient (Wildman–Crippen LogP) is 15.4. The minimum absolute atomic E-state index is 0.0543. The Balaban J connectivity index is 1.21. The smallest absolute Gasteiger partial charge is 0.149 e. The van der Waals surface area contributed by atoms with Crippen molar-refractivity contribution in [2.75, 3.05) is 0 Å². The SMILES string of the molecule is CC(C)(C)c1cc(-c2cc(-c3ccc(C(C)(C)c4ccccc4)cc3)ccn2)cc(-c2cccc3c2nc(-c2ccccc2O)n3-c2ccc(C(C)(C)C)cc2-c2ccccc2)c1. The molecule has 0 amide bonds. The molecule has 0 unspecified atom stereocenters. The number of hydrogen-bond donors (Lipinski definition) is 1. The van der Waals surface area contributed by atoms with Crippen LogP contribution in [0.15, 0.2) is 182 Å². The maximum absolute atomic E-state index is 11.4. The molecule has 0 aliphatic rings. The van der Waals surface area contributed by atoms with Crippen LogP contribution in [-0.4, -0.2) is 19.6 Å². The molecule has 0 aliphatic heterocycles. The number of pyridine rings is 1. The van der Waals surface area contributed by atoms with Crippen molar-refractivity contribution in [3.8, 4) is 67.5 Å². The van der Waals surface area contributed by atoms with E-state index in [0.29, 0.717) is 11.4 Å². The Labute approximate surface area is 372 Å². The van der Waals surface area contributed by atoms with E-state index < -0.39 is 0 Å². The zero-order valence-electron chi connectivity index (χ0n) is 37.6. The number of rotatable bonds is 8. The van der Waals surface area contributed by atoms with Crippen molar-refractivity contribution in [1.29, 1.82) is 0 Å². The van der Waals surface area contributed by atoms with Gasteiger partial charge in [-0.05, 0) is 110 Å². The molecule has 2 aromatic heterocycles. The minimum atomic E-state index is -0.141. The van der Waals surface area contributed by atoms with Crippen LogP contribution in [0.5, 0.6) is 5.75 Å². The second-order valence-electron chi connectivity index (χ2n) is 19.4. The molecule has 0 saturated carbocycles. The van der Waals surface area contributed by atoms with Crippen molar-refractivity contribution < 1.29 is 5.11 Å². The summed E-state index contributed by atoms with van der Waals surface area (Å²) in [5.41, 5.74) is 16.7. The van der Waals surface area contributed by atoms with Crippen LogP contribution in [0.4, 0.5) is 0 Å². The second-order valence-corrected chi connectivity index (χ2v) is 19.4. The van der Waals surface area contributed by atoms with Gasteiger partial charge < -0.3 is 5.11 Å². The molecule has 63 heavy (non-hydrogen) atoms. The van der Waals surface area contributed by atoms with Gasteiger partial charge in [-0.15, -0.1) is 0 Å². The van der Waals surface area contributed by atoms with E-state index in [1.807, 2.05) is 24.4 Å². The average molecular weight is 822 g/mol. The predicted molar refractivity (Wildman–Crippen MR) is 264 cm³/mol. The minimum Gasteiger partial charge on any atom is -0.507 e. The highest BCUT2D eigenvalue weighted by Gasteiger charge is 2.26. The van der Waals surface area contributed by atoms with Crippen molar-refractivity contribution in [3.05, 3.63) is 204 Å². The number of phenolic OH excluding ortho intramolecular Hbond substituents is 1. The number of phenols is 1. The summed E-state index contributed by atoms with van der Waals surface area (Å²) in [5, 5.41) is 11.4. The number of hydrogen-bond acceptors (Lipinski definition) is 3. The zero-order chi connectivity index (χ0) is 44.1. The van der Waals surface area contributed by atoms with E-state index in [4.69, 9.17) is 9.97 Å². The highest BCUT2D eigenvalue weighted by atomic mass is 16.3. The Morgan fingerprint density at radius 3 is 1.75 bits per heavy atom. The van der Waals surface area contributed by atoms with Gasteiger partial charge in [0, 0.05) is 28.3 Å². The molecule has 0 saturated heterocycles. The molecular formula is C59H55N3O. The number of benzene rings is 7. The molecule has 7 aromatic carbocycles. The van der Waals surface area contributed by atoms with Crippen molar-refractivity contribution in [2.24, 2.45) is 0 Å². The third-order valence-corrected chi connectivity index (χ3v) is 12.6. The fourth-order valence-electron chi connectivity index (χ4n) is 8.70. The van der Waals surface area contributed by atoms with Gasteiger partial charge >= 0.3 is 0 Å². The van der Waals surface area contributed by atoms with Crippen LogP contribution in [0.3, 0.4) is 0 Å². The number of aromatic hydroxyl groups is 1. The van der Waals surface area contributed by atoms with E-state index in [0.717, 1.165) is 61.4 Å². The fraction of sp³-hybridized carbons (Fsp3) is 0.186. The topological polar surface area (TPSA) is 50.9 Å². The van der Waals surface area contributed by atoms with Gasteiger partial charge in [-0.1, -0.05) is 177 Å². The first kappa shape index (κ1) is 41.3. The normalized spacial score (nSPS) is 12.2. The molecule has 0 fully saturated rings. The van der Waals surface area contributed by atoms with Crippen molar-refractivity contribution in [3.63, 3.8) is 0 Å². The van der Waals surface area contributed by atoms with Crippen LogP contribution in [0.1, 0.15) is 77.6 Å². The summed E-state index contributed by atoms with van der Waals surface area (Å²) in [6, 6.07) is 62.1. The second kappa shape index (κ2) is 16.0. The molecule has 312 valence electrons. The maximum atomic E-state index is 11.4. The van der Waals surface area contributed by atoms with Crippen LogP contribution in [0, 0.1) is 0 Å². The number of imidazole rings is 1. The number of nitrogens with zero attached hydrogens (tertiary/aromatic N) is 3. The van der Waals surface area contributed by atoms with Gasteiger partial charge in [0.05, 0.1) is 28.0 Å². The Hall–Kier alpha value is -7.04. The molecule has 9 rings (SSSR count). The van der Waals surface area contributed by atoms with Gasteiger partial charge in [0.2, 0.25) is 0 Å². The van der Waals surface area contributed by atoms with Gasteiger partial charge in [0.1, 0.15) is 11.6 Å². The highest BCUT2D eigenvalue weighted by Crippen LogP contribution is 2.43. The first-order valence-electron chi connectivity index (χ1n) is 22.0. The lowest BCUT2D eigenvalue weighted by atomic mass is 9.78. The third kappa shape index (κ3) is 7.98. The highest BCUT2D eigenvalue weighted by molar-refractivity contribution is 5.97. The average Bonchev–Trinajstić information content (AvgIpc) is 3.68. The zero-order valence-corrected chi connectivity index (χ0v) is 37.6. The standard InChI is InChI=1S/C59H55N3O/c1-57(2,3)46-30-31-52(50(38-46)40-18-11-9-12-19-40)62-53-24-17-23-48(55(53)61-56(62)49-22-15-16-25-54(49)63)42-34-43(36-47(35-42)58(4,5)6)51-37-41(32-33-60-51)39-26-28-45(29-27-39)59(7,8)44-20-13-10-14-21-44/h9-38,63H,1-8H3. The van der Waals surface area contributed by atoms with Crippen LogP contribution >= 0.6 is 0 Å². The summed E-state index contributed by atoms with van der Waals surface area (Å²) < 4.78 is 2.23. The molecule has 1 N–H and O–H groups in total. The number of para-hydroxylation sites is 2. The molecule has 0 spiro atoms. The quantitative estimate of drug-likeness (QED) is 0.166. The fourth-order valence-corrected chi connectivity index (χ4v) is 8.70. The van der Waals surface area contributed by atoms with Crippen molar-refractivity contribution in [2.45, 2.75) is 71.6 Å². The Morgan fingerprint density at radius 2 is 1.05 bits per heavy atom. The molecular weight excluding hydrogens is 767 g/mol. The lowest BCUT2D eigenvalue weighted by molar-refractivity contribution is 0.477. The van der Waals surface area contributed by atoms with Crippen molar-refractivity contribution in [1.82, 2.24) is 14.5 Å². The van der Waals surface area contributed by atoms with Crippen LogP contribution in [0.2, 0.25) is 0 Å². The molecule has 0 bridgehead atoms. The van der Waals surface area contributed by atoms with Crippen LogP contribution in [0.25, 0.3) is 72.7 Å². The molecule has 4 heteroatoms. The van der Waals surface area contributed by atoms with Crippen LogP contribution < -0.4 is 0 Å². The van der Waals surface area contributed by atoms with E-state index >= 15 is 0 Å². The molecule has 0 atom stereocenters. The Bertz CT molecular complexity index is 3090. The molecule has 9 aromatic rings. The van der Waals surface area contributed by atoms with Gasteiger partial charge in [0.25, 0.3) is 0 Å². The van der Waals surface area contributed by atoms with E-state index in [1.165, 1.54) is 22.3 Å². The molecule has 4 nitrogen and oxygen atoms in total. The largest absolute Gasteiger partial charge is 0.507 e. The summed E-state index contributed by atoms with van der Waals surface area (Å²) in [6.07, 6.45) is 1.92. The van der Waals surface area contributed by atoms with E-state index in [2.05, 4.69) is 212 Å². The number of aromatic nitrogens is 3. The van der Waals surface area contributed by atoms with E-state index in [1.54, 1.807) is 6.07 Å². The summed E-state index contributed by atoms with van der Waals surface area (Å²) >= 11 is 0. The Kier molecular flexibility index (Phi) is 10.5. The van der Waals surface area contributed by atoms with Gasteiger partial charge in [-0.25, -0.2) is 4.98 Å². The monoisotopic (exact) mass is 821 g/mol. The third-order valence-electron chi connectivity index (χ3n) is 12.6. The van der Waals surface area contributed by atoms with Gasteiger partial charge in [0.15, 0.2) is 0 Å². The van der Waals surface area contributed by atoms with Gasteiger partial charge in [-0.2, -0.15) is 0 Å². The number of fused-ring (bicyclic) bond motifs is 1. The summed E-state index contributed by atoms with van der Waals surface area (Å²) in [4.78, 5) is 10.5. The first-order valence-corrected chi connectivity index (χ1v) is 22.0. The van der Waals surface area contributed by atoms with Gasteiger partial charge in [-0.3, -0.25) is 9.55 Å². The molecule has 0 aliphatic carbocycles. The maximum Gasteiger partial charge on any atom is 0.149 e. The summed E-state index contributed by atoms with van der Waals surface area (Å²) in [7, 11) is 0. The summed E-state index contributed by atoms with van der Waals surface area (Å²) in [5.74, 6) is 0.858. The lowest BCUT2D eigenvalue weighted by Gasteiger charge is -2.26. The van der Waals surface area contributed by atoms with E-state index in [9.17, 15) is 5.11 Å². The Morgan fingerprint density at radius 1 is 0.429 bits per heavy atom. The summed E-state index contributed by atoms with van der Waals surface area (Å²) in [6.45, 7) is 18.1. The first-order chi connectivity index (χ1) is 30.2. The lowest BCUT2D eigenvalue weighted by Crippen LogP contribution is -2.18. The van der Waals surface area contributed by atoms with Crippen LogP contribution in [-0.2, 0) is 16.2 Å². The molecule has 0 radical (unpaired) electrons. The molecule has 2 heterocycles.